The predicted octanol–water partition coefficient (Wildman–Crippen LogP) is 1.58. The molecule has 3 aromatic heterocycles. The van der Waals surface area contributed by atoms with Gasteiger partial charge in [0.25, 0.3) is 0 Å². The Morgan fingerprint density at radius 2 is 1.74 bits per heavy atom. The number of hydrogen-bond donors (Lipinski definition) is 0. The van der Waals surface area contributed by atoms with Crippen molar-refractivity contribution in [3.05, 3.63) is 47.9 Å². The van der Waals surface area contributed by atoms with Crippen LogP contribution in [-0.2, 0) is 12.8 Å². The van der Waals surface area contributed by atoms with E-state index in [1.807, 2.05) is 25.3 Å². The lowest BCUT2D eigenvalue weighted by atomic mass is 10.2. The molecule has 0 radical (unpaired) electrons. The molecule has 0 aromatic carbocycles. The third kappa shape index (κ3) is 3.01. The average Bonchev–Trinajstić information content (AvgIpc) is 3.39. The summed E-state index contributed by atoms with van der Waals surface area (Å²) in [6.07, 6.45) is 8.76. The van der Waals surface area contributed by atoms with E-state index in [4.69, 9.17) is 0 Å². The number of anilines is 2. The molecule has 138 valence electrons. The zero-order valence-electron chi connectivity index (χ0n) is 15.4. The van der Waals surface area contributed by atoms with E-state index in [0.29, 0.717) is 0 Å². The van der Waals surface area contributed by atoms with Crippen LogP contribution in [0.1, 0.15) is 23.5 Å². The van der Waals surface area contributed by atoms with Gasteiger partial charge in [-0.2, -0.15) is 5.10 Å². The van der Waals surface area contributed by atoms with Gasteiger partial charge < -0.3 is 9.80 Å². The van der Waals surface area contributed by atoms with Crippen molar-refractivity contribution in [1.82, 2.24) is 29.7 Å². The summed E-state index contributed by atoms with van der Waals surface area (Å²) in [5, 5.41) is 4.28. The normalized spacial score (nSPS) is 16.6. The van der Waals surface area contributed by atoms with E-state index in [9.17, 15) is 0 Å². The Kier molecular flexibility index (Phi) is 3.95. The number of hydrogen-bond acceptors (Lipinski definition) is 7. The fourth-order valence-electron chi connectivity index (χ4n) is 3.98. The first-order chi connectivity index (χ1) is 13.3. The molecular weight excluding hydrogens is 340 g/mol. The van der Waals surface area contributed by atoms with Crippen LogP contribution in [0.25, 0.3) is 5.82 Å². The number of nitrogens with zero attached hydrogens (tertiary/aromatic N) is 8. The Bertz CT molecular complexity index is 944. The summed E-state index contributed by atoms with van der Waals surface area (Å²) >= 11 is 0. The molecule has 0 bridgehead atoms. The Balaban J connectivity index is 1.35. The summed E-state index contributed by atoms with van der Waals surface area (Å²) in [6, 6.07) is 3.91. The first-order valence-corrected chi connectivity index (χ1v) is 9.46. The van der Waals surface area contributed by atoms with Gasteiger partial charge in [0.1, 0.15) is 23.8 Å². The molecule has 4 heterocycles. The standard InChI is InChI=1S/C19H22N8/c1-14-23-17(12-18(24-14)27-7-3-6-22-27)25-8-10-26(11-9-25)19-15-4-2-5-16(15)20-13-21-19/h3,6-7,12-13H,2,4-5,8-11H2,1H3. The van der Waals surface area contributed by atoms with Gasteiger partial charge in [-0.15, -0.1) is 0 Å². The molecule has 0 amide bonds. The van der Waals surface area contributed by atoms with Crippen molar-refractivity contribution in [2.24, 2.45) is 0 Å². The van der Waals surface area contributed by atoms with Crippen molar-refractivity contribution in [3.8, 4) is 5.82 Å². The maximum atomic E-state index is 4.65. The molecule has 5 rings (SSSR count). The van der Waals surface area contributed by atoms with Gasteiger partial charge in [-0.25, -0.2) is 24.6 Å². The second kappa shape index (κ2) is 6.61. The quantitative estimate of drug-likeness (QED) is 0.700. The molecule has 0 atom stereocenters. The average molecular weight is 362 g/mol. The number of rotatable bonds is 3. The van der Waals surface area contributed by atoms with Crippen LogP contribution < -0.4 is 9.80 Å². The van der Waals surface area contributed by atoms with Crippen LogP contribution in [0.2, 0.25) is 0 Å². The monoisotopic (exact) mass is 362 g/mol. The first kappa shape index (κ1) is 16.2. The number of piperazine rings is 1. The van der Waals surface area contributed by atoms with Crippen molar-refractivity contribution in [1.29, 1.82) is 0 Å². The molecule has 0 unspecified atom stereocenters. The Labute approximate surface area is 157 Å². The minimum Gasteiger partial charge on any atom is -0.353 e. The van der Waals surface area contributed by atoms with Crippen LogP contribution in [0.15, 0.2) is 30.9 Å². The molecule has 1 fully saturated rings. The van der Waals surface area contributed by atoms with Crippen LogP contribution in [0.3, 0.4) is 0 Å². The lowest BCUT2D eigenvalue weighted by Gasteiger charge is -2.36. The minimum absolute atomic E-state index is 0.758. The maximum absolute atomic E-state index is 4.65. The van der Waals surface area contributed by atoms with Crippen molar-refractivity contribution in [2.75, 3.05) is 36.0 Å². The molecule has 0 N–H and O–H groups in total. The molecule has 3 aromatic rings. The van der Waals surface area contributed by atoms with Crippen LogP contribution in [0, 0.1) is 6.92 Å². The fourth-order valence-corrected chi connectivity index (χ4v) is 3.98. The highest BCUT2D eigenvalue weighted by atomic mass is 15.3. The molecule has 1 aliphatic heterocycles. The van der Waals surface area contributed by atoms with E-state index in [0.717, 1.165) is 62.3 Å². The Morgan fingerprint density at radius 1 is 0.926 bits per heavy atom. The van der Waals surface area contributed by atoms with Crippen molar-refractivity contribution in [3.63, 3.8) is 0 Å². The molecule has 8 nitrogen and oxygen atoms in total. The predicted molar refractivity (Wildman–Crippen MR) is 102 cm³/mol. The smallest absolute Gasteiger partial charge is 0.159 e. The van der Waals surface area contributed by atoms with E-state index in [2.05, 4.69) is 34.8 Å². The topological polar surface area (TPSA) is 75.9 Å². The van der Waals surface area contributed by atoms with Crippen LogP contribution >= 0.6 is 0 Å². The molecule has 2 aliphatic rings. The summed E-state index contributed by atoms with van der Waals surface area (Å²) in [4.78, 5) is 22.9. The third-order valence-electron chi connectivity index (χ3n) is 5.31. The number of fused-ring (bicyclic) bond motifs is 1. The zero-order valence-corrected chi connectivity index (χ0v) is 15.4. The van der Waals surface area contributed by atoms with E-state index >= 15 is 0 Å². The summed E-state index contributed by atoms with van der Waals surface area (Å²) in [7, 11) is 0. The second-order valence-electron chi connectivity index (χ2n) is 7.03. The van der Waals surface area contributed by atoms with Crippen molar-refractivity contribution in [2.45, 2.75) is 26.2 Å². The van der Waals surface area contributed by atoms with E-state index in [1.54, 1.807) is 17.2 Å². The molecular formula is C19H22N8. The van der Waals surface area contributed by atoms with Gasteiger partial charge in [0.05, 0.1) is 0 Å². The summed E-state index contributed by atoms with van der Waals surface area (Å²) in [5.74, 6) is 3.65. The summed E-state index contributed by atoms with van der Waals surface area (Å²) in [5.41, 5.74) is 2.59. The zero-order chi connectivity index (χ0) is 18.2. The van der Waals surface area contributed by atoms with E-state index < -0.39 is 0 Å². The highest BCUT2D eigenvalue weighted by molar-refractivity contribution is 5.53. The Hall–Kier alpha value is -3.03. The largest absolute Gasteiger partial charge is 0.353 e. The van der Waals surface area contributed by atoms with Crippen LogP contribution in [-0.4, -0.2) is 55.9 Å². The molecule has 0 spiro atoms. The third-order valence-corrected chi connectivity index (χ3v) is 5.31. The van der Waals surface area contributed by atoms with Gasteiger partial charge in [-0.1, -0.05) is 0 Å². The first-order valence-electron chi connectivity index (χ1n) is 9.46. The van der Waals surface area contributed by atoms with Crippen LogP contribution in [0.5, 0.6) is 0 Å². The summed E-state index contributed by atoms with van der Waals surface area (Å²) < 4.78 is 1.78. The van der Waals surface area contributed by atoms with Gasteiger partial charge >= 0.3 is 0 Å². The highest BCUT2D eigenvalue weighted by Gasteiger charge is 2.25. The van der Waals surface area contributed by atoms with E-state index in [-0.39, 0.29) is 0 Å². The lowest BCUT2D eigenvalue weighted by molar-refractivity contribution is 0.636. The molecule has 27 heavy (non-hydrogen) atoms. The fraction of sp³-hybridized carbons (Fsp3) is 0.421. The van der Waals surface area contributed by atoms with E-state index in [1.165, 1.54) is 17.7 Å². The summed E-state index contributed by atoms with van der Waals surface area (Å²) in [6.45, 7) is 5.62. The van der Waals surface area contributed by atoms with Crippen molar-refractivity contribution < 1.29 is 0 Å². The van der Waals surface area contributed by atoms with Gasteiger partial charge in [-0.05, 0) is 32.3 Å². The SMILES string of the molecule is Cc1nc(N2CCN(c3ncnc4c3CCC4)CC2)cc(-n2cccn2)n1. The number of aryl methyl sites for hydroxylation is 2. The molecule has 1 aliphatic carbocycles. The highest BCUT2D eigenvalue weighted by Crippen LogP contribution is 2.29. The molecule has 1 saturated heterocycles. The second-order valence-corrected chi connectivity index (χ2v) is 7.03. The van der Waals surface area contributed by atoms with Gasteiger partial charge in [0, 0.05) is 55.9 Å². The van der Waals surface area contributed by atoms with Gasteiger partial charge in [-0.3, -0.25) is 0 Å². The Morgan fingerprint density at radius 3 is 2.56 bits per heavy atom. The maximum Gasteiger partial charge on any atom is 0.159 e. The lowest BCUT2D eigenvalue weighted by Crippen LogP contribution is -2.47. The molecule has 0 saturated carbocycles. The minimum atomic E-state index is 0.758. The van der Waals surface area contributed by atoms with Gasteiger partial charge in [0.15, 0.2) is 5.82 Å². The van der Waals surface area contributed by atoms with Crippen molar-refractivity contribution >= 4 is 11.6 Å². The number of aromatic nitrogens is 6. The van der Waals surface area contributed by atoms with Gasteiger partial charge in [0.2, 0.25) is 0 Å². The molecule has 8 heteroatoms. The van der Waals surface area contributed by atoms with Crippen LogP contribution in [0.4, 0.5) is 11.6 Å².